The molecule has 7 nitrogen and oxygen atoms in total. The Morgan fingerprint density at radius 2 is 2.10 bits per heavy atom. The van der Waals surface area contributed by atoms with E-state index in [4.69, 9.17) is 5.11 Å². The summed E-state index contributed by atoms with van der Waals surface area (Å²) in [6.45, 7) is 1.75. The van der Waals surface area contributed by atoms with E-state index in [1.807, 2.05) is 0 Å². The van der Waals surface area contributed by atoms with Crippen molar-refractivity contribution in [2.24, 2.45) is 0 Å². The molecule has 20 heavy (non-hydrogen) atoms. The summed E-state index contributed by atoms with van der Waals surface area (Å²) in [5.41, 5.74) is 1.13. The zero-order chi connectivity index (χ0) is 14.7. The van der Waals surface area contributed by atoms with Crippen LogP contribution in [-0.2, 0) is 0 Å². The molecule has 0 bridgehead atoms. The Bertz CT molecular complexity index is 685. The van der Waals surface area contributed by atoms with Crippen molar-refractivity contribution >= 4 is 23.0 Å². The summed E-state index contributed by atoms with van der Waals surface area (Å²) in [7, 11) is 0. The van der Waals surface area contributed by atoms with Crippen LogP contribution in [0, 0.1) is 17.0 Å². The molecule has 0 unspecified atom stereocenters. The minimum atomic E-state index is -1.15. The number of nitro benzene ring substituents is 1. The zero-order valence-electron chi connectivity index (χ0n) is 10.5. The molecule has 7 heteroatoms. The van der Waals surface area contributed by atoms with Crippen LogP contribution in [0.2, 0.25) is 0 Å². The molecule has 2 aromatic rings. The summed E-state index contributed by atoms with van der Waals surface area (Å²) in [4.78, 5) is 25.4. The molecule has 0 saturated heterocycles. The maximum Gasteiger partial charge on any atom is 0.335 e. The highest BCUT2D eigenvalue weighted by molar-refractivity contribution is 5.90. The van der Waals surface area contributed by atoms with E-state index in [1.54, 1.807) is 25.3 Å². The summed E-state index contributed by atoms with van der Waals surface area (Å²) < 4.78 is 0. The maximum absolute atomic E-state index is 11.0. The smallest absolute Gasteiger partial charge is 0.335 e. The number of benzene rings is 1. The van der Waals surface area contributed by atoms with Gasteiger partial charge in [-0.1, -0.05) is 0 Å². The van der Waals surface area contributed by atoms with Gasteiger partial charge in [-0.15, -0.1) is 0 Å². The number of hydrogen-bond donors (Lipinski definition) is 2. The number of hydrogen-bond acceptors (Lipinski definition) is 5. The van der Waals surface area contributed by atoms with Gasteiger partial charge in [0, 0.05) is 12.3 Å². The number of carboxylic acid groups (broad SMARTS) is 1. The van der Waals surface area contributed by atoms with Crippen molar-refractivity contribution in [1.29, 1.82) is 0 Å². The number of aromatic carboxylic acids is 1. The molecule has 0 radical (unpaired) electrons. The Labute approximate surface area is 114 Å². The highest BCUT2D eigenvalue weighted by Crippen LogP contribution is 2.29. The van der Waals surface area contributed by atoms with Crippen LogP contribution in [0.15, 0.2) is 36.5 Å². The summed E-state index contributed by atoms with van der Waals surface area (Å²) in [6, 6.07) is 6.98. The summed E-state index contributed by atoms with van der Waals surface area (Å²) in [5.74, 6) is -1.15. The fourth-order valence-electron chi connectivity index (χ4n) is 1.69. The summed E-state index contributed by atoms with van der Waals surface area (Å²) >= 11 is 0. The lowest BCUT2D eigenvalue weighted by Gasteiger charge is -2.09. The van der Waals surface area contributed by atoms with E-state index in [0.717, 1.165) is 6.07 Å². The van der Waals surface area contributed by atoms with Crippen LogP contribution in [0.5, 0.6) is 0 Å². The Morgan fingerprint density at radius 3 is 2.70 bits per heavy atom. The second-order valence-corrected chi connectivity index (χ2v) is 4.06. The van der Waals surface area contributed by atoms with Crippen molar-refractivity contribution in [2.45, 2.75) is 6.92 Å². The van der Waals surface area contributed by atoms with Crippen LogP contribution in [0.4, 0.5) is 17.1 Å². The molecule has 2 rings (SSSR count). The highest BCUT2D eigenvalue weighted by atomic mass is 16.6. The molecule has 102 valence electrons. The lowest BCUT2D eigenvalue weighted by atomic mass is 10.1. The molecule has 0 aliphatic carbocycles. The van der Waals surface area contributed by atoms with E-state index >= 15 is 0 Å². The van der Waals surface area contributed by atoms with E-state index in [0.29, 0.717) is 11.4 Å². The number of pyridine rings is 1. The molecule has 0 saturated carbocycles. The molecule has 0 aliphatic rings. The van der Waals surface area contributed by atoms with Gasteiger partial charge >= 0.3 is 5.97 Å². The van der Waals surface area contributed by atoms with Crippen molar-refractivity contribution in [3.05, 3.63) is 57.9 Å². The van der Waals surface area contributed by atoms with Crippen LogP contribution in [-0.4, -0.2) is 21.0 Å². The first kappa shape index (κ1) is 13.5. The standard InChI is InChI=1S/C13H11N3O4/c1-8-10(3-2-6-14-8)15-11-7-9(13(17)18)4-5-12(11)16(19)20/h2-7,15H,1H3,(H,17,18). The topological polar surface area (TPSA) is 105 Å². The number of rotatable bonds is 4. The third-order valence-corrected chi connectivity index (χ3v) is 2.72. The van der Waals surface area contributed by atoms with E-state index in [9.17, 15) is 14.9 Å². The van der Waals surface area contributed by atoms with Crippen LogP contribution in [0.3, 0.4) is 0 Å². The number of aromatic nitrogens is 1. The average molecular weight is 273 g/mol. The molecule has 2 N–H and O–H groups in total. The van der Waals surface area contributed by atoms with Crippen molar-refractivity contribution in [3.63, 3.8) is 0 Å². The monoisotopic (exact) mass is 273 g/mol. The Balaban J connectivity index is 2.48. The Morgan fingerprint density at radius 1 is 1.35 bits per heavy atom. The number of nitro groups is 1. The third kappa shape index (κ3) is 2.72. The Hall–Kier alpha value is -2.96. The van der Waals surface area contributed by atoms with Gasteiger partial charge in [0.15, 0.2) is 0 Å². The van der Waals surface area contributed by atoms with Crippen LogP contribution < -0.4 is 5.32 Å². The van der Waals surface area contributed by atoms with Crippen molar-refractivity contribution < 1.29 is 14.8 Å². The fourth-order valence-corrected chi connectivity index (χ4v) is 1.69. The van der Waals surface area contributed by atoms with Gasteiger partial charge < -0.3 is 10.4 Å². The van der Waals surface area contributed by atoms with E-state index in [1.165, 1.54) is 12.1 Å². The van der Waals surface area contributed by atoms with Crippen molar-refractivity contribution in [1.82, 2.24) is 4.98 Å². The second kappa shape index (κ2) is 5.35. The minimum absolute atomic E-state index is 0.0281. The number of nitrogens with zero attached hydrogens (tertiary/aromatic N) is 2. The molecule has 0 spiro atoms. The largest absolute Gasteiger partial charge is 0.478 e. The predicted molar refractivity (Wildman–Crippen MR) is 72.3 cm³/mol. The number of anilines is 2. The first-order valence-corrected chi connectivity index (χ1v) is 5.69. The first-order valence-electron chi connectivity index (χ1n) is 5.69. The number of carboxylic acids is 1. The highest BCUT2D eigenvalue weighted by Gasteiger charge is 2.17. The van der Waals surface area contributed by atoms with Gasteiger partial charge in [-0.3, -0.25) is 15.1 Å². The molecule has 1 heterocycles. The van der Waals surface area contributed by atoms with Gasteiger partial charge in [0.2, 0.25) is 0 Å². The second-order valence-electron chi connectivity index (χ2n) is 4.06. The SMILES string of the molecule is Cc1ncccc1Nc1cc(C(=O)O)ccc1[N+](=O)[O-]. The number of carbonyl (C=O) groups is 1. The van der Waals surface area contributed by atoms with E-state index in [2.05, 4.69) is 10.3 Å². The van der Waals surface area contributed by atoms with Gasteiger partial charge in [0.25, 0.3) is 5.69 Å². The van der Waals surface area contributed by atoms with Gasteiger partial charge in [0.1, 0.15) is 5.69 Å². The molecule has 0 amide bonds. The summed E-state index contributed by atoms with van der Waals surface area (Å²) in [6.07, 6.45) is 1.60. The summed E-state index contributed by atoms with van der Waals surface area (Å²) in [5, 5.41) is 22.8. The van der Waals surface area contributed by atoms with Gasteiger partial charge in [-0.25, -0.2) is 4.79 Å². The minimum Gasteiger partial charge on any atom is -0.478 e. The van der Waals surface area contributed by atoms with Gasteiger partial charge in [-0.2, -0.15) is 0 Å². The molecule has 1 aromatic heterocycles. The van der Waals surface area contributed by atoms with Crippen LogP contribution >= 0.6 is 0 Å². The quantitative estimate of drug-likeness (QED) is 0.655. The first-order chi connectivity index (χ1) is 9.49. The fraction of sp³-hybridized carbons (Fsp3) is 0.0769. The van der Waals surface area contributed by atoms with E-state index < -0.39 is 10.9 Å². The average Bonchev–Trinajstić information content (AvgIpc) is 2.41. The normalized spacial score (nSPS) is 10.1. The number of aryl methyl sites for hydroxylation is 1. The van der Waals surface area contributed by atoms with Crippen molar-refractivity contribution in [3.8, 4) is 0 Å². The molecule has 1 aromatic carbocycles. The molecule has 0 fully saturated rings. The molecular formula is C13H11N3O4. The number of nitrogens with one attached hydrogen (secondary N) is 1. The van der Waals surface area contributed by atoms with Crippen molar-refractivity contribution in [2.75, 3.05) is 5.32 Å². The van der Waals surface area contributed by atoms with Gasteiger partial charge in [0.05, 0.1) is 21.9 Å². The Kier molecular flexibility index (Phi) is 3.60. The lowest BCUT2D eigenvalue weighted by Crippen LogP contribution is -2.03. The third-order valence-electron chi connectivity index (χ3n) is 2.72. The maximum atomic E-state index is 11.0. The zero-order valence-corrected chi connectivity index (χ0v) is 10.5. The lowest BCUT2D eigenvalue weighted by molar-refractivity contribution is -0.383. The molecule has 0 aliphatic heterocycles. The van der Waals surface area contributed by atoms with Gasteiger partial charge in [-0.05, 0) is 31.2 Å². The van der Waals surface area contributed by atoms with Crippen LogP contribution in [0.25, 0.3) is 0 Å². The molecule has 0 atom stereocenters. The van der Waals surface area contributed by atoms with E-state index in [-0.39, 0.29) is 16.9 Å². The van der Waals surface area contributed by atoms with Crippen LogP contribution in [0.1, 0.15) is 16.1 Å². The molecular weight excluding hydrogens is 262 g/mol. The predicted octanol–water partition coefficient (Wildman–Crippen LogP) is 2.74.